The lowest BCUT2D eigenvalue weighted by molar-refractivity contribution is -0.141. The molecule has 11 nitrogen and oxygen atoms in total. The highest BCUT2D eigenvalue weighted by molar-refractivity contribution is 5.97. The predicted molar refractivity (Wildman–Crippen MR) is 85.5 cm³/mol. The number of hydrazine groups is 1. The van der Waals surface area contributed by atoms with Gasteiger partial charge in [-0.25, -0.2) is 4.79 Å². The molecule has 1 aromatic heterocycles. The number of aromatic hydroxyl groups is 1. The summed E-state index contributed by atoms with van der Waals surface area (Å²) in [5, 5.41) is 21.6. The topological polar surface area (TPSA) is 133 Å². The van der Waals surface area contributed by atoms with E-state index >= 15 is 0 Å². The average molecular weight is 366 g/mol. The quantitative estimate of drug-likeness (QED) is 0.652. The van der Waals surface area contributed by atoms with Crippen molar-refractivity contribution >= 4 is 17.8 Å². The Kier molecular flexibility index (Phi) is 4.66. The van der Waals surface area contributed by atoms with Gasteiger partial charge in [0.1, 0.15) is 5.56 Å². The fourth-order valence-corrected chi connectivity index (χ4v) is 2.92. The van der Waals surface area contributed by atoms with E-state index in [4.69, 9.17) is 9.84 Å². The number of fused-ring (bicyclic) bond motifs is 1. The van der Waals surface area contributed by atoms with Crippen LogP contribution in [-0.2, 0) is 16.2 Å². The van der Waals surface area contributed by atoms with E-state index < -0.39 is 28.6 Å². The summed E-state index contributed by atoms with van der Waals surface area (Å²) in [5.74, 6) is -3.35. The van der Waals surface area contributed by atoms with Crippen molar-refractivity contribution in [2.75, 3.05) is 39.9 Å². The van der Waals surface area contributed by atoms with Gasteiger partial charge in [0.05, 0.1) is 26.4 Å². The van der Waals surface area contributed by atoms with E-state index in [1.165, 1.54) is 12.1 Å². The number of aromatic nitrogens is 1. The van der Waals surface area contributed by atoms with E-state index in [1.54, 1.807) is 4.90 Å². The van der Waals surface area contributed by atoms with Crippen molar-refractivity contribution in [2.24, 2.45) is 0 Å². The Morgan fingerprint density at radius 3 is 2.50 bits per heavy atom. The van der Waals surface area contributed by atoms with Gasteiger partial charge >= 0.3 is 5.97 Å². The minimum atomic E-state index is -1.51. The molecule has 0 bridgehead atoms. The van der Waals surface area contributed by atoms with Gasteiger partial charge in [0.2, 0.25) is 11.3 Å². The van der Waals surface area contributed by atoms with Crippen LogP contribution in [0.5, 0.6) is 5.75 Å². The van der Waals surface area contributed by atoms with Crippen LogP contribution in [0.1, 0.15) is 20.8 Å². The smallest absolute Gasteiger partial charge is 0.341 e. The van der Waals surface area contributed by atoms with E-state index in [9.17, 15) is 24.3 Å². The SMILES string of the molecule is CN1C(=O)c2c(O)c(=O)c(C(=O)O)cn2CN1CC(=O)N1CCOCC1. The standard InChI is InChI=1S/C15H18N4O7/c1-16-14(23)11-13(22)12(21)9(15(24)25)6-18(11)8-19(16)7-10(20)17-2-4-26-5-3-17/h6,22H,2-5,7-8H2,1H3,(H,24,25). The van der Waals surface area contributed by atoms with Gasteiger partial charge in [0.15, 0.2) is 11.4 Å². The number of hydrogen-bond donors (Lipinski definition) is 2. The van der Waals surface area contributed by atoms with Crippen LogP contribution in [0.15, 0.2) is 11.0 Å². The second-order valence-electron chi connectivity index (χ2n) is 5.97. The molecule has 2 amide bonds. The lowest BCUT2D eigenvalue weighted by Gasteiger charge is -2.38. The van der Waals surface area contributed by atoms with Crippen molar-refractivity contribution in [3.63, 3.8) is 0 Å². The van der Waals surface area contributed by atoms with Crippen molar-refractivity contribution < 1.29 is 29.3 Å². The number of carboxylic acid groups (broad SMARTS) is 1. The molecule has 1 aromatic rings. The Labute approximate surface area is 147 Å². The minimum absolute atomic E-state index is 0.0677. The van der Waals surface area contributed by atoms with Gasteiger partial charge in [-0.15, -0.1) is 0 Å². The van der Waals surface area contributed by atoms with Gasteiger partial charge in [0, 0.05) is 26.3 Å². The van der Waals surface area contributed by atoms with Crippen LogP contribution in [0.2, 0.25) is 0 Å². The third-order valence-electron chi connectivity index (χ3n) is 4.40. The molecule has 1 saturated heterocycles. The Bertz CT molecular complexity index is 828. The number of ether oxygens (including phenoxy) is 1. The van der Waals surface area contributed by atoms with Crippen molar-refractivity contribution in [2.45, 2.75) is 6.67 Å². The maximum absolute atomic E-state index is 12.5. The van der Waals surface area contributed by atoms with Gasteiger partial charge in [0.25, 0.3) is 5.91 Å². The number of aromatic carboxylic acids is 1. The number of hydrogen-bond acceptors (Lipinski definition) is 7. The highest BCUT2D eigenvalue weighted by Gasteiger charge is 2.34. The van der Waals surface area contributed by atoms with Crippen LogP contribution in [0.25, 0.3) is 0 Å². The third kappa shape index (κ3) is 3.02. The minimum Gasteiger partial charge on any atom is -0.503 e. The number of carbonyl (C=O) groups is 3. The highest BCUT2D eigenvalue weighted by atomic mass is 16.5. The van der Waals surface area contributed by atoms with Crippen molar-refractivity contribution in [3.05, 3.63) is 27.7 Å². The molecule has 3 heterocycles. The zero-order valence-electron chi connectivity index (χ0n) is 14.0. The monoisotopic (exact) mass is 366 g/mol. The lowest BCUT2D eigenvalue weighted by Crippen LogP contribution is -2.55. The first-order chi connectivity index (χ1) is 12.3. The van der Waals surface area contributed by atoms with E-state index in [0.717, 1.165) is 15.8 Å². The van der Waals surface area contributed by atoms with Crippen molar-refractivity contribution in [3.8, 4) is 5.75 Å². The Balaban J connectivity index is 1.89. The molecule has 2 aliphatic heterocycles. The fraction of sp³-hybridized carbons (Fsp3) is 0.467. The van der Waals surface area contributed by atoms with Gasteiger partial charge in [-0.3, -0.25) is 19.4 Å². The van der Waals surface area contributed by atoms with E-state index in [1.807, 2.05) is 0 Å². The molecule has 26 heavy (non-hydrogen) atoms. The second-order valence-corrected chi connectivity index (χ2v) is 5.97. The number of pyridine rings is 1. The maximum Gasteiger partial charge on any atom is 0.341 e. The zero-order chi connectivity index (χ0) is 19.0. The van der Waals surface area contributed by atoms with Crippen LogP contribution < -0.4 is 5.43 Å². The molecule has 2 N–H and O–H groups in total. The number of nitrogens with zero attached hydrogens (tertiary/aromatic N) is 4. The van der Waals surface area contributed by atoms with Crippen molar-refractivity contribution in [1.29, 1.82) is 0 Å². The molecule has 0 aliphatic carbocycles. The molecule has 2 aliphatic rings. The predicted octanol–water partition coefficient (Wildman–Crippen LogP) is -1.63. The van der Waals surface area contributed by atoms with Crippen LogP contribution in [-0.4, -0.2) is 87.4 Å². The lowest BCUT2D eigenvalue weighted by atomic mass is 10.2. The second kappa shape index (κ2) is 6.77. The largest absolute Gasteiger partial charge is 0.503 e. The summed E-state index contributed by atoms with van der Waals surface area (Å²) in [5.41, 5.74) is -2.08. The molecular formula is C15H18N4O7. The molecule has 0 saturated carbocycles. The van der Waals surface area contributed by atoms with E-state index in [2.05, 4.69) is 0 Å². The molecule has 1 fully saturated rings. The fourth-order valence-electron chi connectivity index (χ4n) is 2.92. The molecular weight excluding hydrogens is 348 g/mol. The first-order valence-corrected chi connectivity index (χ1v) is 7.89. The Hall–Kier alpha value is -2.92. The number of rotatable bonds is 3. The van der Waals surface area contributed by atoms with Crippen LogP contribution in [0.4, 0.5) is 0 Å². The molecule has 0 spiro atoms. The van der Waals surface area contributed by atoms with Crippen LogP contribution >= 0.6 is 0 Å². The number of carbonyl (C=O) groups excluding carboxylic acids is 2. The molecule has 3 rings (SSSR count). The van der Waals surface area contributed by atoms with Crippen molar-refractivity contribution in [1.82, 2.24) is 19.5 Å². The van der Waals surface area contributed by atoms with Crippen LogP contribution in [0.3, 0.4) is 0 Å². The number of amides is 2. The van der Waals surface area contributed by atoms with Gasteiger partial charge in [-0.05, 0) is 0 Å². The van der Waals surface area contributed by atoms with Crippen LogP contribution in [0, 0.1) is 0 Å². The summed E-state index contributed by atoms with van der Waals surface area (Å²) in [6.07, 6.45) is 0.997. The molecule has 11 heteroatoms. The average Bonchev–Trinajstić information content (AvgIpc) is 2.62. The molecule has 0 atom stereocenters. The summed E-state index contributed by atoms with van der Waals surface area (Å²) in [7, 11) is 1.41. The van der Waals surface area contributed by atoms with E-state index in [-0.39, 0.29) is 24.8 Å². The molecule has 0 unspecified atom stereocenters. The third-order valence-corrected chi connectivity index (χ3v) is 4.40. The van der Waals surface area contributed by atoms with Gasteiger partial charge < -0.3 is 24.4 Å². The molecule has 0 aromatic carbocycles. The first-order valence-electron chi connectivity index (χ1n) is 7.89. The maximum atomic E-state index is 12.5. The Morgan fingerprint density at radius 2 is 1.88 bits per heavy atom. The highest BCUT2D eigenvalue weighted by Crippen LogP contribution is 2.22. The van der Waals surface area contributed by atoms with E-state index in [0.29, 0.717) is 26.3 Å². The summed E-state index contributed by atoms with van der Waals surface area (Å²) in [6, 6.07) is 0. The summed E-state index contributed by atoms with van der Waals surface area (Å²) < 4.78 is 6.36. The van der Waals surface area contributed by atoms with Gasteiger partial charge in [-0.2, -0.15) is 5.01 Å². The normalized spacial score (nSPS) is 18.0. The molecule has 0 radical (unpaired) electrons. The summed E-state index contributed by atoms with van der Waals surface area (Å²) in [6.45, 7) is 1.62. The molecule has 140 valence electrons. The summed E-state index contributed by atoms with van der Waals surface area (Å²) >= 11 is 0. The first kappa shape index (κ1) is 17.9. The number of morpholine rings is 1. The Morgan fingerprint density at radius 1 is 1.23 bits per heavy atom. The summed E-state index contributed by atoms with van der Waals surface area (Å²) in [4.78, 5) is 49.6. The number of carboxylic acids is 1. The zero-order valence-corrected chi connectivity index (χ0v) is 14.0. The van der Waals surface area contributed by atoms with Gasteiger partial charge in [-0.1, -0.05) is 0 Å².